The van der Waals surface area contributed by atoms with Crippen LogP contribution in [0.1, 0.15) is 15.9 Å². The van der Waals surface area contributed by atoms with Crippen molar-refractivity contribution in [1.29, 1.82) is 0 Å². The highest BCUT2D eigenvalue weighted by Crippen LogP contribution is 2.16. The fourth-order valence-corrected chi connectivity index (χ4v) is 2.46. The molecule has 0 bridgehead atoms. The Kier molecular flexibility index (Phi) is 3.77. The van der Waals surface area contributed by atoms with Crippen LogP contribution in [-0.2, 0) is 11.3 Å². The third-order valence-electron chi connectivity index (χ3n) is 3.17. The van der Waals surface area contributed by atoms with Gasteiger partial charge in [-0.05, 0) is 70.0 Å². The number of rotatable bonds is 2. The molecule has 0 aromatic heterocycles. The van der Waals surface area contributed by atoms with Gasteiger partial charge in [0, 0.05) is 14.8 Å². The van der Waals surface area contributed by atoms with Gasteiger partial charge in [0.15, 0.2) is 0 Å². The molecule has 0 fully saturated rings. The fourth-order valence-electron chi connectivity index (χ4n) is 2.10. The molecule has 0 unspecified atom stereocenters. The van der Waals surface area contributed by atoms with E-state index < -0.39 is 7.12 Å². The lowest BCUT2D eigenvalue weighted by Crippen LogP contribution is -2.28. The second kappa shape index (κ2) is 5.55. The monoisotopic (exact) mass is 379 g/mol. The van der Waals surface area contributed by atoms with Gasteiger partial charge < -0.3 is 15.0 Å². The highest BCUT2D eigenvalue weighted by Gasteiger charge is 2.27. The molecule has 100 valence electrons. The lowest BCUT2D eigenvalue weighted by molar-refractivity contribution is 0.102. The predicted octanol–water partition coefficient (Wildman–Crippen LogP) is 1.76. The van der Waals surface area contributed by atoms with E-state index in [-0.39, 0.29) is 5.91 Å². The number of carbonyl (C=O) groups excluding carboxylic acids is 1. The summed E-state index contributed by atoms with van der Waals surface area (Å²) in [6.45, 7) is 0.405. The number of anilines is 1. The zero-order chi connectivity index (χ0) is 14.1. The van der Waals surface area contributed by atoms with Crippen molar-refractivity contribution in [2.45, 2.75) is 6.61 Å². The van der Waals surface area contributed by atoms with Crippen molar-refractivity contribution in [3.8, 4) is 0 Å². The van der Waals surface area contributed by atoms with Crippen molar-refractivity contribution in [3.63, 3.8) is 0 Å². The van der Waals surface area contributed by atoms with Crippen molar-refractivity contribution >= 4 is 46.8 Å². The minimum atomic E-state index is -0.903. The number of hydrogen-bond acceptors (Lipinski definition) is 3. The van der Waals surface area contributed by atoms with Crippen LogP contribution in [0.3, 0.4) is 0 Å². The van der Waals surface area contributed by atoms with Gasteiger partial charge in [-0.25, -0.2) is 0 Å². The SMILES string of the molecule is O=C(Nc1ccc2c(c1)B(O)OC2)c1ccc(I)cc1. The molecule has 1 amide bonds. The summed E-state index contributed by atoms with van der Waals surface area (Å²) in [4.78, 5) is 12.1. The van der Waals surface area contributed by atoms with Crippen molar-refractivity contribution in [2.24, 2.45) is 0 Å². The Morgan fingerprint density at radius 1 is 1.25 bits per heavy atom. The molecular weight excluding hydrogens is 368 g/mol. The summed E-state index contributed by atoms with van der Waals surface area (Å²) in [6, 6.07) is 12.7. The first-order valence-electron chi connectivity index (χ1n) is 6.13. The van der Waals surface area contributed by atoms with Gasteiger partial charge in [0.05, 0.1) is 6.61 Å². The maximum absolute atomic E-state index is 12.1. The second-order valence-corrected chi connectivity index (χ2v) is 5.78. The van der Waals surface area contributed by atoms with Crippen molar-refractivity contribution in [1.82, 2.24) is 0 Å². The summed E-state index contributed by atoms with van der Waals surface area (Å²) < 4.78 is 6.20. The summed E-state index contributed by atoms with van der Waals surface area (Å²) >= 11 is 2.19. The molecule has 1 heterocycles. The Balaban J connectivity index is 1.79. The molecule has 3 rings (SSSR count). The highest BCUT2D eigenvalue weighted by atomic mass is 127. The van der Waals surface area contributed by atoms with E-state index in [1.807, 2.05) is 24.3 Å². The van der Waals surface area contributed by atoms with Gasteiger partial charge in [-0.2, -0.15) is 0 Å². The van der Waals surface area contributed by atoms with Crippen LogP contribution in [0.5, 0.6) is 0 Å². The van der Waals surface area contributed by atoms with Crippen LogP contribution in [-0.4, -0.2) is 18.0 Å². The molecule has 0 saturated carbocycles. The molecule has 0 atom stereocenters. The molecule has 1 aliphatic rings. The molecule has 2 N–H and O–H groups in total. The van der Waals surface area contributed by atoms with Crippen LogP contribution in [0.2, 0.25) is 0 Å². The molecule has 1 aliphatic heterocycles. The van der Waals surface area contributed by atoms with Gasteiger partial charge in [0.25, 0.3) is 5.91 Å². The average Bonchev–Trinajstić information content (AvgIpc) is 2.81. The van der Waals surface area contributed by atoms with Crippen molar-refractivity contribution in [3.05, 3.63) is 57.2 Å². The summed E-state index contributed by atoms with van der Waals surface area (Å²) in [5.41, 5.74) is 2.91. The van der Waals surface area contributed by atoms with Crippen LogP contribution in [0.15, 0.2) is 42.5 Å². The zero-order valence-corrected chi connectivity index (χ0v) is 12.6. The minimum Gasteiger partial charge on any atom is -0.423 e. The second-order valence-electron chi connectivity index (χ2n) is 4.54. The van der Waals surface area contributed by atoms with E-state index in [1.165, 1.54) is 0 Å². The largest absolute Gasteiger partial charge is 0.491 e. The normalized spacial score (nSPS) is 13.2. The molecule has 2 aromatic rings. The summed E-state index contributed by atoms with van der Waals surface area (Å²) in [7, 11) is -0.903. The van der Waals surface area contributed by atoms with E-state index in [9.17, 15) is 9.82 Å². The molecule has 4 nitrogen and oxygen atoms in total. The molecule has 0 spiro atoms. The molecule has 6 heteroatoms. The Hall–Kier alpha value is -1.38. The lowest BCUT2D eigenvalue weighted by atomic mass is 9.79. The van der Waals surface area contributed by atoms with Gasteiger partial charge in [0.1, 0.15) is 0 Å². The third-order valence-corrected chi connectivity index (χ3v) is 3.89. The van der Waals surface area contributed by atoms with E-state index in [0.717, 1.165) is 9.13 Å². The number of fused-ring (bicyclic) bond motifs is 1. The standard InChI is InChI=1S/C14H11BINO3/c16-11-4-1-9(2-5-11)14(18)17-12-6-3-10-8-20-15(19)13(10)7-12/h1-7,19H,8H2,(H,17,18). The highest BCUT2D eigenvalue weighted by molar-refractivity contribution is 14.1. The van der Waals surface area contributed by atoms with Crippen LogP contribution < -0.4 is 10.8 Å². The number of hydrogen-bond donors (Lipinski definition) is 2. The van der Waals surface area contributed by atoms with Crippen molar-refractivity contribution in [2.75, 3.05) is 5.32 Å². The Morgan fingerprint density at radius 2 is 2.00 bits per heavy atom. The first kappa shape index (κ1) is 13.6. The topological polar surface area (TPSA) is 58.6 Å². The number of nitrogens with one attached hydrogen (secondary N) is 1. The minimum absolute atomic E-state index is 0.172. The van der Waals surface area contributed by atoms with Gasteiger partial charge in [-0.1, -0.05) is 6.07 Å². The quantitative estimate of drug-likeness (QED) is 0.618. The number of carbonyl (C=O) groups is 1. The summed E-state index contributed by atoms with van der Waals surface area (Å²) in [5, 5.41) is 12.5. The maximum Gasteiger partial charge on any atom is 0.491 e. The summed E-state index contributed by atoms with van der Waals surface area (Å²) in [6.07, 6.45) is 0. The van der Waals surface area contributed by atoms with Crippen LogP contribution >= 0.6 is 22.6 Å². The van der Waals surface area contributed by atoms with Crippen LogP contribution in [0.25, 0.3) is 0 Å². The van der Waals surface area contributed by atoms with Crippen molar-refractivity contribution < 1.29 is 14.5 Å². The zero-order valence-electron chi connectivity index (χ0n) is 10.5. The van der Waals surface area contributed by atoms with E-state index in [2.05, 4.69) is 27.9 Å². The smallest absolute Gasteiger partial charge is 0.423 e. The van der Waals surface area contributed by atoms with Gasteiger partial charge >= 0.3 is 7.12 Å². The van der Waals surface area contributed by atoms with Crippen LogP contribution in [0, 0.1) is 3.57 Å². The summed E-state index contributed by atoms with van der Waals surface area (Å²) in [5.74, 6) is -0.172. The van der Waals surface area contributed by atoms with E-state index in [4.69, 9.17) is 4.65 Å². The number of benzene rings is 2. The number of halogens is 1. The number of amides is 1. The Bertz CT molecular complexity index is 660. The average molecular weight is 379 g/mol. The maximum atomic E-state index is 12.1. The third kappa shape index (κ3) is 2.72. The van der Waals surface area contributed by atoms with Gasteiger partial charge in [-0.3, -0.25) is 4.79 Å². The molecule has 20 heavy (non-hydrogen) atoms. The first-order chi connectivity index (χ1) is 9.63. The van der Waals surface area contributed by atoms with Gasteiger partial charge in [0.2, 0.25) is 0 Å². The molecular formula is C14H11BINO3. The molecule has 2 aromatic carbocycles. The predicted molar refractivity (Wildman–Crippen MR) is 86.0 cm³/mol. The Labute approximate surface area is 130 Å². The molecule has 0 aliphatic carbocycles. The molecule has 0 saturated heterocycles. The lowest BCUT2D eigenvalue weighted by Gasteiger charge is -2.07. The van der Waals surface area contributed by atoms with E-state index >= 15 is 0 Å². The van der Waals surface area contributed by atoms with E-state index in [0.29, 0.717) is 23.3 Å². The molecule has 0 radical (unpaired) electrons. The first-order valence-corrected chi connectivity index (χ1v) is 7.21. The van der Waals surface area contributed by atoms with Crippen LogP contribution in [0.4, 0.5) is 5.69 Å². The fraction of sp³-hybridized carbons (Fsp3) is 0.0714. The Morgan fingerprint density at radius 3 is 2.75 bits per heavy atom. The van der Waals surface area contributed by atoms with Gasteiger partial charge in [-0.15, -0.1) is 0 Å². The van der Waals surface area contributed by atoms with E-state index in [1.54, 1.807) is 18.2 Å².